The number of anilines is 1. The molecule has 0 aliphatic rings. The van der Waals surface area contributed by atoms with Crippen LogP contribution in [-0.4, -0.2) is 15.3 Å². The van der Waals surface area contributed by atoms with Crippen LogP contribution in [0.4, 0.5) is 22.7 Å². The summed E-state index contributed by atoms with van der Waals surface area (Å²) in [6.45, 7) is 1.60. The molecule has 1 N–H and O–H groups in total. The van der Waals surface area contributed by atoms with Crippen molar-refractivity contribution >= 4 is 22.6 Å². The van der Waals surface area contributed by atoms with Gasteiger partial charge in [-0.05, 0) is 25.1 Å². The Bertz CT molecular complexity index is 653. The number of carbonyl (C=O) groups excluding carboxylic acids is 1. The van der Waals surface area contributed by atoms with Crippen molar-refractivity contribution in [2.75, 3.05) is 5.32 Å². The number of aryl methyl sites for hydroxylation is 1. The van der Waals surface area contributed by atoms with Gasteiger partial charge >= 0.3 is 6.18 Å². The molecule has 1 aromatic heterocycles. The predicted octanol–water partition coefficient (Wildman–Crippen LogP) is 3.26. The van der Waals surface area contributed by atoms with Crippen LogP contribution in [0, 0.1) is 12.7 Å². The van der Waals surface area contributed by atoms with Crippen molar-refractivity contribution in [1.29, 1.82) is 0 Å². The van der Waals surface area contributed by atoms with E-state index in [0.29, 0.717) is 18.0 Å². The van der Waals surface area contributed by atoms with Crippen LogP contribution in [0.3, 0.4) is 0 Å². The van der Waals surface area contributed by atoms with E-state index >= 15 is 0 Å². The van der Waals surface area contributed by atoms with Crippen LogP contribution in [0.25, 0.3) is 0 Å². The molecule has 0 atom stereocenters. The lowest BCUT2D eigenvalue weighted by Gasteiger charge is -2.09. The summed E-state index contributed by atoms with van der Waals surface area (Å²) in [5, 5.41) is 2.45. The number of hydrogen-bond acceptors (Lipinski definition) is 4. The number of nitrogens with one attached hydrogen (secondary N) is 1. The molecule has 0 bridgehead atoms. The first-order valence-corrected chi connectivity index (χ1v) is 6.03. The van der Waals surface area contributed by atoms with Gasteiger partial charge in [0, 0.05) is 17.1 Å². The quantitative estimate of drug-likeness (QED) is 0.867. The summed E-state index contributed by atoms with van der Waals surface area (Å²) in [5.41, 5.74) is -1.80. The van der Waals surface area contributed by atoms with Gasteiger partial charge in [-0.3, -0.25) is 10.1 Å². The summed E-state index contributed by atoms with van der Waals surface area (Å²) in [7, 11) is 0. The summed E-state index contributed by atoms with van der Waals surface area (Å²) >= 11 is 0.896. The van der Waals surface area contributed by atoms with Crippen LogP contribution in [0.2, 0.25) is 0 Å². The van der Waals surface area contributed by atoms with Gasteiger partial charge in [-0.25, -0.2) is 9.37 Å². The molecule has 106 valence electrons. The van der Waals surface area contributed by atoms with Crippen molar-refractivity contribution < 1.29 is 22.4 Å². The van der Waals surface area contributed by atoms with Crippen LogP contribution in [0.5, 0.6) is 0 Å². The normalized spacial score (nSPS) is 11.4. The van der Waals surface area contributed by atoms with Crippen molar-refractivity contribution in [2.24, 2.45) is 0 Å². The molecule has 0 aliphatic heterocycles. The highest BCUT2D eigenvalue weighted by molar-refractivity contribution is 7.09. The topological polar surface area (TPSA) is 54.9 Å². The highest BCUT2D eigenvalue weighted by Gasteiger charge is 2.34. The van der Waals surface area contributed by atoms with Gasteiger partial charge in [-0.1, -0.05) is 0 Å². The Balaban J connectivity index is 2.27. The number of carbonyl (C=O) groups is 1. The first kappa shape index (κ1) is 14.4. The van der Waals surface area contributed by atoms with E-state index in [4.69, 9.17) is 0 Å². The van der Waals surface area contributed by atoms with E-state index in [1.165, 1.54) is 0 Å². The molecular weight excluding hydrogens is 298 g/mol. The van der Waals surface area contributed by atoms with Gasteiger partial charge in [0.15, 0.2) is 0 Å². The molecule has 1 aromatic carbocycles. The van der Waals surface area contributed by atoms with E-state index in [2.05, 4.69) is 14.7 Å². The van der Waals surface area contributed by atoms with E-state index in [9.17, 15) is 22.4 Å². The summed E-state index contributed by atoms with van der Waals surface area (Å²) in [5.74, 6) is -1.81. The van der Waals surface area contributed by atoms with Crippen molar-refractivity contribution in [2.45, 2.75) is 13.1 Å². The molecule has 2 aromatic rings. The van der Waals surface area contributed by atoms with Gasteiger partial charge in [0.05, 0.1) is 5.56 Å². The lowest BCUT2D eigenvalue weighted by atomic mass is 10.1. The van der Waals surface area contributed by atoms with E-state index < -0.39 is 23.5 Å². The Kier molecular flexibility index (Phi) is 3.71. The van der Waals surface area contributed by atoms with Crippen LogP contribution in [0.15, 0.2) is 18.2 Å². The second-order valence-corrected chi connectivity index (χ2v) is 4.55. The molecule has 0 aliphatic carbocycles. The molecule has 0 saturated heterocycles. The minimum absolute atomic E-state index is 0.158. The molecular formula is C11H7F4N3OS. The third-order valence-corrected chi connectivity index (χ3v) is 3.00. The SMILES string of the molecule is Cc1nsc(NC(=O)c2ccc(F)c(C(F)(F)F)c2)n1. The second-order valence-electron chi connectivity index (χ2n) is 3.79. The molecule has 4 nitrogen and oxygen atoms in total. The maximum absolute atomic E-state index is 13.1. The number of amides is 1. The summed E-state index contributed by atoms with van der Waals surface area (Å²) in [6, 6.07) is 2.02. The molecule has 0 fully saturated rings. The summed E-state index contributed by atoms with van der Waals surface area (Å²) in [4.78, 5) is 15.6. The summed E-state index contributed by atoms with van der Waals surface area (Å²) in [6.07, 6.45) is -4.86. The first-order valence-electron chi connectivity index (χ1n) is 5.26. The first-order chi connectivity index (χ1) is 9.27. The Morgan fingerprint density at radius 2 is 2.05 bits per heavy atom. The molecule has 9 heteroatoms. The third kappa shape index (κ3) is 3.10. The molecule has 2 rings (SSSR count). The van der Waals surface area contributed by atoms with Crippen molar-refractivity contribution in [3.05, 3.63) is 41.0 Å². The number of aromatic nitrogens is 2. The minimum atomic E-state index is -4.86. The van der Waals surface area contributed by atoms with Gasteiger partial charge < -0.3 is 0 Å². The van der Waals surface area contributed by atoms with Crippen molar-refractivity contribution in [3.63, 3.8) is 0 Å². The average Bonchev–Trinajstić information content (AvgIpc) is 2.73. The van der Waals surface area contributed by atoms with Crippen LogP contribution in [0.1, 0.15) is 21.7 Å². The van der Waals surface area contributed by atoms with Crippen molar-refractivity contribution in [1.82, 2.24) is 9.36 Å². The number of rotatable bonds is 2. The largest absolute Gasteiger partial charge is 0.419 e. The van der Waals surface area contributed by atoms with Crippen molar-refractivity contribution in [3.8, 4) is 0 Å². The van der Waals surface area contributed by atoms with Gasteiger partial charge in [0.1, 0.15) is 11.6 Å². The lowest BCUT2D eigenvalue weighted by molar-refractivity contribution is -0.140. The highest BCUT2D eigenvalue weighted by Crippen LogP contribution is 2.32. The Morgan fingerprint density at radius 3 is 2.60 bits per heavy atom. The van der Waals surface area contributed by atoms with E-state index in [1.807, 2.05) is 0 Å². The molecule has 1 heterocycles. The van der Waals surface area contributed by atoms with Gasteiger partial charge in [0.2, 0.25) is 5.13 Å². The fraction of sp³-hybridized carbons (Fsp3) is 0.182. The van der Waals surface area contributed by atoms with Gasteiger partial charge in [-0.2, -0.15) is 17.5 Å². The smallest absolute Gasteiger partial charge is 0.297 e. The lowest BCUT2D eigenvalue weighted by Crippen LogP contribution is -2.15. The number of hydrogen-bond donors (Lipinski definition) is 1. The standard InChI is InChI=1S/C11H7F4N3OS/c1-5-16-10(20-18-5)17-9(19)6-2-3-8(12)7(4-6)11(13,14)15/h2-4H,1H3,(H,16,17,18,19). The van der Waals surface area contributed by atoms with Gasteiger partial charge in [-0.15, -0.1) is 0 Å². The minimum Gasteiger partial charge on any atom is -0.297 e. The average molecular weight is 305 g/mol. The zero-order valence-electron chi connectivity index (χ0n) is 9.95. The maximum Gasteiger partial charge on any atom is 0.419 e. The Morgan fingerprint density at radius 1 is 1.35 bits per heavy atom. The van der Waals surface area contributed by atoms with Crippen LogP contribution < -0.4 is 5.32 Å². The summed E-state index contributed by atoms with van der Waals surface area (Å²) < 4.78 is 54.5. The molecule has 20 heavy (non-hydrogen) atoms. The Hall–Kier alpha value is -2.03. The third-order valence-electron chi connectivity index (χ3n) is 2.28. The number of alkyl halides is 3. The molecule has 0 saturated carbocycles. The fourth-order valence-electron chi connectivity index (χ4n) is 1.40. The van der Waals surface area contributed by atoms with E-state index in [0.717, 1.165) is 17.6 Å². The number of halogens is 4. The Labute approximate surface area is 114 Å². The maximum atomic E-state index is 13.1. The molecule has 0 radical (unpaired) electrons. The van der Waals surface area contributed by atoms with E-state index in [1.54, 1.807) is 6.92 Å². The van der Waals surface area contributed by atoms with Crippen LogP contribution in [-0.2, 0) is 6.18 Å². The van der Waals surface area contributed by atoms with Crippen LogP contribution >= 0.6 is 11.5 Å². The predicted molar refractivity (Wildman–Crippen MR) is 64.0 cm³/mol. The molecule has 1 amide bonds. The van der Waals surface area contributed by atoms with Gasteiger partial charge in [0.25, 0.3) is 5.91 Å². The number of nitrogens with zero attached hydrogens (tertiary/aromatic N) is 2. The van der Waals surface area contributed by atoms with E-state index in [-0.39, 0.29) is 10.7 Å². The fourth-order valence-corrected chi connectivity index (χ4v) is 1.97. The second kappa shape index (κ2) is 5.16. The zero-order valence-corrected chi connectivity index (χ0v) is 10.8. The number of benzene rings is 1. The zero-order chi connectivity index (χ0) is 14.9. The molecule has 0 unspecified atom stereocenters. The monoisotopic (exact) mass is 305 g/mol. The molecule has 0 spiro atoms. The highest BCUT2D eigenvalue weighted by atomic mass is 32.1.